The van der Waals surface area contributed by atoms with Gasteiger partial charge in [0, 0.05) is 48.3 Å². The third kappa shape index (κ3) is 5.40. The van der Waals surface area contributed by atoms with Crippen LogP contribution in [-0.2, 0) is 11.3 Å². The van der Waals surface area contributed by atoms with Gasteiger partial charge in [0.05, 0.1) is 11.2 Å². The zero-order valence-corrected chi connectivity index (χ0v) is 20.9. The molecule has 35 heavy (non-hydrogen) atoms. The summed E-state index contributed by atoms with van der Waals surface area (Å²) >= 11 is 0. The van der Waals surface area contributed by atoms with E-state index in [9.17, 15) is 4.79 Å². The van der Waals surface area contributed by atoms with E-state index in [2.05, 4.69) is 47.4 Å². The highest BCUT2D eigenvalue weighted by atomic mass is 35.5. The number of nitrogens with zero attached hydrogens (tertiary/aromatic N) is 3. The molecule has 0 atom stereocenters. The van der Waals surface area contributed by atoms with Crippen molar-refractivity contribution in [2.45, 2.75) is 19.4 Å². The molecule has 1 aliphatic heterocycles. The first-order valence-corrected chi connectivity index (χ1v) is 11.3. The van der Waals surface area contributed by atoms with E-state index in [4.69, 9.17) is 21.4 Å². The number of carbonyl (C=O) groups excluding carboxylic acids is 1. The third-order valence-electron chi connectivity index (χ3n) is 6.47. The lowest BCUT2D eigenvalue weighted by Crippen LogP contribution is -2.39. The zero-order chi connectivity index (χ0) is 22.8. The van der Waals surface area contributed by atoms with Crippen molar-refractivity contribution in [1.82, 2.24) is 9.97 Å². The number of fused-ring (bicyclic) bond motifs is 1. The van der Waals surface area contributed by atoms with Gasteiger partial charge in [0.1, 0.15) is 5.82 Å². The van der Waals surface area contributed by atoms with E-state index in [1.54, 1.807) is 0 Å². The molecule has 3 heterocycles. The molecular weight excluding hydrogens is 481 g/mol. The summed E-state index contributed by atoms with van der Waals surface area (Å²) in [4.78, 5) is 23.7. The van der Waals surface area contributed by atoms with Crippen LogP contribution in [0.15, 0.2) is 72.9 Å². The fourth-order valence-corrected chi connectivity index (χ4v) is 4.57. The lowest BCUT2D eigenvalue weighted by molar-refractivity contribution is -0.122. The van der Waals surface area contributed by atoms with Crippen molar-refractivity contribution in [3.63, 3.8) is 0 Å². The molecule has 182 valence electrons. The van der Waals surface area contributed by atoms with E-state index < -0.39 is 0 Å². The minimum atomic E-state index is -0.209. The Labute approximate surface area is 217 Å². The minimum Gasteiger partial charge on any atom is -0.369 e. The number of benzene rings is 2. The maximum atomic E-state index is 11.6. The van der Waals surface area contributed by atoms with Crippen molar-refractivity contribution in [3.8, 4) is 22.4 Å². The quantitative estimate of drug-likeness (QED) is 0.395. The molecule has 0 saturated carbocycles. The average Bonchev–Trinajstić information content (AvgIpc) is 2.88. The SMILES string of the molecule is Cl.Cl.NCc1ccc(-c2nc3ccnc(N4CCC(C(N)=O)CC4)c3cc2-c2ccccc2)cc1. The van der Waals surface area contributed by atoms with Crippen molar-refractivity contribution in [2.75, 3.05) is 18.0 Å². The number of carbonyl (C=O) groups is 1. The van der Waals surface area contributed by atoms with Crippen LogP contribution in [0.1, 0.15) is 18.4 Å². The van der Waals surface area contributed by atoms with Gasteiger partial charge in [-0.2, -0.15) is 0 Å². The lowest BCUT2D eigenvalue weighted by atomic mass is 9.95. The van der Waals surface area contributed by atoms with Gasteiger partial charge in [0.2, 0.25) is 5.91 Å². The van der Waals surface area contributed by atoms with Gasteiger partial charge < -0.3 is 16.4 Å². The summed E-state index contributed by atoms with van der Waals surface area (Å²) < 4.78 is 0. The maximum absolute atomic E-state index is 11.6. The largest absolute Gasteiger partial charge is 0.369 e. The van der Waals surface area contributed by atoms with E-state index >= 15 is 0 Å². The first kappa shape index (κ1) is 26.4. The molecule has 2 aromatic carbocycles. The number of pyridine rings is 2. The van der Waals surface area contributed by atoms with Crippen molar-refractivity contribution in [1.29, 1.82) is 0 Å². The van der Waals surface area contributed by atoms with Gasteiger partial charge in [0.25, 0.3) is 0 Å². The number of primary amides is 1. The van der Waals surface area contributed by atoms with Crippen LogP contribution in [-0.4, -0.2) is 29.0 Å². The molecule has 5 rings (SSSR count). The lowest BCUT2D eigenvalue weighted by Gasteiger charge is -2.32. The normalized spacial score (nSPS) is 13.7. The van der Waals surface area contributed by atoms with Crippen LogP contribution in [0.5, 0.6) is 0 Å². The zero-order valence-electron chi connectivity index (χ0n) is 19.3. The van der Waals surface area contributed by atoms with E-state index in [0.29, 0.717) is 6.54 Å². The second-order valence-electron chi connectivity index (χ2n) is 8.52. The summed E-state index contributed by atoms with van der Waals surface area (Å²) in [7, 11) is 0. The van der Waals surface area contributed by atoms with Gasteiger partial charge in [-0.25, -0.2) is 9.97 Å². The van der Waals surface area contributed by atoms with Crippen LogP contribution in [0.25, 0.3) is 33.3 Å². The van der Waals surface area contributed by atoms with Crippen LogP contribution >= 0.6 is 24.8 Å². The molecule has 4 aromatic rings. The number of rotatable bonds is 5. The smallest absolute Gasteiger partial charge is 0.220 e. The molecule has 8 heteroatoms. The molecule has 1 aliphatic rings. The van der Waals surface area contributed by atoms with Crippen molar-refractivity contribution in [2.24, 2.45) is 17.4 Å². The molecule has 0 aliphatic carbocycles. The van der Waals surface area contributed by atoms with Crippen LogP contribution < -0.4 is 16.4 Å². The molecule has 1 amide bonds. The van der Waals surface area contributed by atoms with Crippen LogP contribution in [0.4, 0.5) is 5.82 Å². The summed E-state index contributed by atoms with van der Waals surface area (Å²) in [5, 5.41) is 1.01. The highest BCUT2D eigenvalue weighted by molar-refractivity contribution is 5.97. The number of piperidine rings is 1. The Morgan fingerprint density at radius 2 is 1.63 bits per heavy atom. The van der Waals surface area contributed by atoms with Crippen molar-refractivity contribution in [3.05, 3.63) is 78.5 Å². The van der Waals surface area contributed by atoms with E-state index in [1.807, 2.05) is 30.5 Å². The summed E-state index contributed by atoms with van der Waals surface area (Å²) in [6.45, 7) is 2.02. The third-order valence-corrected chi connectivity index (χ3v) is 6.47. The van der Waals surface area contributed by atoms with Gasteiger partial charge in [-0.3, -0.25) is 4.79 Å². The standard InChI is InChI=1S/C27H27N5O.2ClH/c28-17-18-6-8-20(9-7-18)25-22(19-4-2-1-3-5-19)16-23-24(31-25)10-13-30-27(23)32-14-11-21(12-15-32)26(29)33;;/h1-10,13,16,21H,11-12,14-15,17,28H2,(H2,29,33);2*1H. The summed E-state index contributed by atoms with van der Waals surface area (Å²) in [6.07, 6.45) is 3.31. The first-order chi connectivity index (χ1) is 16.1. The Balaban J connectivity index is 0.00000171. The predicted molar refractivity (Wildman–Crippen MR) is 147 cm³/mol. The van der Waals surface area contributed by atoms with E-state index in [-0.39, 0.29) is 36.6 Å². The molecule has 4 N–H and O–H groups in total. The van der Waals surface area contributed by atoms with Crippen LogP contribution in [0.3, 0.4) is 0 Å². The Kier molecular flexibility index (Phi) is 8.67. The highest BCUT2D eigenvalue weighted by Gasteiger charge is 2.25. The summed E-state index contributed by atoms with van der Waals surface area (Å²) in [6, 6.07) is 22.7. The summed E-state index contributed by atoms with van der Waals surface area (Å²) in [5.41, 5.74) is 17.5. The first-order valence-electron chi connectivity index (χ1n) is 11.3. The fraction of sp³-hybridized carbons (Fsp3) is 0.222. The van der Waals surface area contributed by atoms with Gasteiger partial charge in [-0.05, 0) is 36.1 Å². The topological polar surface area (TPSA) is 98.1 Å². The number of anilines is 1. The second kappa shape index (κ2) is 11.5. The molecule has 0 bridgehead atoms. The van der Waals surface area contributed by atoms with Gasteiger partial charge in [0.15, 0.2) is 0 Å². The van der Waals surface area contributed by atoms with Crippen molar-refractivity contribution < 1.29 is 4.79 Å². The average molecular weight is 510 g/mol. The molecule has 0 spiro atoms. The second-order valence-corrected chi connectivity index (χ2v) is 8.52. The van der Waals surface area contributed by atoms with E-state index in [0.717, 1.165) is 70.6 Å². The van der Waals surface area contributed by atoms with Crippen molar-refractivity contribution >= 4 is 47.4 Å². The number of aromatic nitrogens is 2. The van der Waals surface area contributed by atoms with Gasteiger partial charge in [-0.15, -0.1) is 24.8 Å². The molecule has 0 unspecified atom stereocenters. The number of nitrogens with two attached hydrogens (primary N) is 2. The van der Waals surface area contributed by atoms with E-state index in [1.165, 1.54) is 0 Å². The number of hydrogen-bond acceptors (Lipinski definition) is 5. The molecular formula is C27H29Cl2N5O. The maximum Gasteiger partial charge on any atom is 0.220 e. The predicted octanol–water partition coefficient (Wildman–Crippen LogP) is 4.97. The molecule has 1 fully saturated rings. The van der Waals surface area contributed by atoms with Crippen LogP contribution in [0, 0.1) is 5.92 Å². The molecule has 0 radical (unpaired) electrons. The molecule has 1 saturated heterocycles. The Morgan fingerprint density at radius 3 is 2.26 bits per heavy atom. The number of halogens is 2. The Hall–Kier alpha value is -3.19. The van der Waals surface area contributed by atoms with Gasteiger partial charge in [-0.1, -0.05) is 54.6 Å². The monoisotopic (exact) mass is 509 g/mol. The number of hydrogen-bond donors (Lipinski definition) is 2. The Bertz CT molecular complexity index is 1290. The summed E-state index contributed by atoms with van der Waals surface area (Å²) in [5.74, 6) is 0.640. The Morgan fingerprint density at radius 1 is 0.943 bits per heavy atom. The van der Waals surface area contributed by atoms with Crippen LogP contribution in [0.2, 0.25) is 0 Å². The van der Waals surface area contributed by atoms with Gasteiger partial charge >= 0.3 is 0 Å². The highest BCUT2D eigenvalue weighted by Crippen LogP contribution is 2.36. The minimum absolute atomic E-state index is 0. The molecule has 6 nitrogen and oxygen atoms in total. The fourth-order valence-electron chi connectivity index (χ4n) is 4.57. The number of amides is 1. The molecule has 2 aromatic heterocycles.